The molecule has 0 aliphatic carbocycles. The maximum atomic E-state index is 13.0. The molecular weight excluding hydrogens is 227 g/mol. The Bertz CT molecular complexity index is 476. The number of Topliss-reactive ketones (excluding diaryl/α,β-unsaturated/α-hetero) is 1. The highest BCUT2D eigenvalue weighted by Crippen LogP contribution is 2.30. The number of halogens is 1. The van der Waals surface area contributed by atoms with Crippen molar-refractivity contribution in [3.63, 3.8) is 0 Å². The summed E-state index contributed by atoms with van der Waals surface area (Å²) in [6.45, 7) is 0.741. The van der Waals surface area contributed by atoms with Gasteiger partial charge in [0, 0.05) is 13.0 Å². The first-order chi connectivity index (χ1) is 8.08. The van der Waals surface area contributed by atoms with Gasteiger partial charge in [0.2, 0.25) is 0 Å². The summed E-state index contributed by atoms with van der Waals surface area (Å²) in [5.41, 5.74) is 0.0177. The number of nitro groups is 1. The third-order valence-corrected chi connectivity index (χ3v) is 2.73. The lowest BCUT2D eigenvalue weighted by atomic mass is 10.1. The summed E-state index contributed by atoms with van der Waals surface area (Å²) in [6, 6.07) is 3.40. The summed E-state index contributed by atoms with van der Waals surface area (Å²) >= 11 is 0. The maximum Gasteiger partial charge on any atom is 0.295 e. The van der Waals surface area contributed by atoms with Gasteiger partial charge in [0.1, 0.15) is 11.5 Å². The summed E-state index contributed by atoms with van der Waals surface area (Å²) in [5.74, 6) is -0.598. The average molecular weight is 238 g/mol. The number of carbonyl (C=O) groups excluding carboxylic acids is 1. The third kappa shape index (κ3) is 2.41. The van der Waals surface area contributed by atoms with Crippen molar-refractivity contribution in [2.45, 2.75) is 12.8 Å². The van der Waals surface area contributed by atoms with Gasteiger partial charge in [0.15, 0.2) is 5.78 Å². The van der Waals surface area contributed by atoms with Crippen molar-refractivity contribution in [3.8, 4) is 0 Å². The topological polar surface area (TPSA) is 63.5 Å². The van der Waals surface area contributed by atoms with Gasteiger partial charge in [0.25, 0.3) is 5.69 Å². The maximum absolute atomic E-state index is 13.0. The predicted octanol–water partition coefficient (Wildman–Crippen LogP) is 1.90. The van der Waals surface area contributed by atoms with Crippen LogP contribution < -0.4 is 4.90 Å². The predicted molar refractivity (Wildman–Crippen MR) is 59.5 cm³/mol. The lowest BCUT2D eigenvalue weighted by Gasteiger charge is -2.27. The fourth-order valence-electron chi connectivity index (χ4n) is 1.95. The van der Waals surface area contributed by atoms with Crippen molar-refractivity contribution in [1.29, 1.82) is 0 Å². The van der Waals surface area contributed by atoms with Crippen LogP contribution in [-0.4, -0.2) is 23.8 Å². The molecule has 0 atom stereocenters. The van der Waals surface area contributed by atoms with Gasteiger partial charge >= 0.3 is 0 Å². The molecule has 1 fully saturated rings. The smallest absolute Gasteiger partial charge is 0.295 e. The van der Waals surface area contributed by atoms with Gasteiger partial charge in [-0.2, -0.15) is 0 Å². The fourth-order valence-corrected chi connectivity index (χ4v) is 1.95. The zero-order valence-electron chi connectivity index (χ0n) is 9.06. The van der Waals surface area contributed by atoms with Gasteiger partial charge in [-0.15, -0.1) is 0 Å². The number of piperidine rings is 1. The Morgan fingerprint density at radius 2 is 2.18 bits per heavy atom. The van der Waals surface area contributed by atoms with E-state index in [9.17, 15) is 19.3 Å². The van der Waals surface area contributed by atoms with E-state index in [0.29, 0.717) is 25.1 Å². The second-order valence-corrected chi connectivity index (χ2v) is 3.95. The van der Waals surface area contributed by atoms with Gasteiger partial charge < -0.3 is 4.90 Å². The van der Waals surface area contributed by atoms with Crippen LogP contribution in [0.15, 0.2) is 18.2 Å². The van der Waals surface area contributed by atoms with Gasteiger partial charge in [-0.3, -0.25) is 14.9 Å². The summed E-state index contributed by atoms with van der Waals surface area (Å²) in [5, 5.41) is 10.8. The quantitative estimate of drug-likeness (QED) is 0.583. The summed E-state index contributed by atoms with van der Waals surface area (Å²) in [4.78, 5) is 23.1. The number of benzene rings is 1. The highest BCUT2D eigenvalue weighted by molar-refractivity contribution is 5.85. The molecule has 0 amide bonds. The highest BCUT2D eigenvalue weighted by atomic mass is 19.1. The monoisotopic (exact) mass is 238 g/mol. The second-order valence-electron chi connectivity index (χ2n) is 3.95. The van der Waals surface area contributed by atoms with E-state index < -0.39 is 10.7 Å². The van der Waals surface area contributed by atoms with Crippen LogP contribution in [0.2, 0.25) is 0 Å². The van der Waals surface area contributed by atoms with E-state index in [1.165, 1.54) is 12.1 Å². The first-order valence-electron chi connectivity index (χ1n) is 5.28. The van der Waals surface area contributed by atoms with Gasteiger partial charge in [-0.25, -0.2) is 4.39 Å². The van der Waals surface area contributed by atoms with Crippen LogP contribution in [0.25, 0.3) is 0 Å². The lowest BCUT2D eigenvalue weighted by molar-refractivity contribution is -0.384. The molecule has 0 bridgehead atoms. The van der Waals surface area contributed by atoms with Crippen LogP contribution in [0.4, 0.5) is 15.8 Å². The Balaban J connectivity index is 2.37. The molecule has 17 heavy (non-hydrogen) atoms. The Hall–Kier alpha value is -1.98. The zero-order chi connectivity index (χ0) is 12.4. The van der Waals surface area contributed by atoms with E-state index in [0.717, 1.165) is 6.07 Å². The number of hydrogen-bond donors (Lipinski definition) is 0. The van der Waals surface area contributed by atoms with Crippen LogP contribution in [-0.2, 0) is 4.79 Å². The summed E-state index contributed by atoms with van der Waals surface area (Å²) in [7, 11) is 0. The highest BCUT2D eigenvalue weighted by Gasteiger charge is 2.24. The van der Waals surface area contributed by atoms with Crippen molar-refractivity contribution in [1.82, 2.24) is 0 Å². The Morgan fingerprint density at radius 1 is 1.41 bits per heavy atom. The number of rotatable bonds is 2. The van der Waals surface area contributed by atoms with Crippen molar-refractivity contribution in [3.05, 3.63) is 34.1 Å². The van der Waals surface area contributed by atoms with Crippen LogP contribution >= 0.6 is 0 Å². The molecule has 0 N–H and O–H groups in total. The van der Waals surface area contributed by atoms with Crippen molar-refractivity contribution < 1.29 is 14.1 Å². The number of ketones is 1. The van der Waals surface area contributed by atoms with E-state index in [-0.39, 0.29) is 18.0 Å². The molecular formula is C11H11FN2O3. The molecule has 5 nitrogen and oxygen atoms in total. The van der Waals surface area contributed by atoms with Crippen LogP contribution in [0.5, 0.6) is 0 Å². The van der Waals surface area contributed by atoms with E-state index in [1.54, 1.807) is 4.90 Å². The SMILES string of the molecule is O=C1CCCN(c2ccc(F)cc2[N+](=O)[O-])C1. The molecule has 0 radical (unpaired) electrons. The number of nitro benzene ring substituents is 1. The number of hydrogen-bond acceptors (Lipinski definition) is 4. The molecule has 1 aliphatic rings. The van der Waals surface area contributed by atoms with Crippen LogP contribution in [0, 0.1) is 15.9 Å². The Labute approximate surface area is 97.0 Å². The van der Waals surface area contributed by atoms with E-state index >= 15 is 0 Å². The molecule has 0 aromatic heterocycles. The molecule has 1 aromatic carbocycles. The second kappa shape index (κ2) is 4.48. The van der Waals surface area contributed by atoms with Crippen LogP contribution in [0.1, 0.15) is 12.8 Å². The molecule has 6 heteroatoms. The molecule has 1 saturated heterocycles. The molecule has 1 heterocycles. The van der Waals surface area contributed by atoms with Crippen molar-refractivity contribution in [2.75, 3.05) is 18.0 Å². The molecule has 90 valence electrons. The Morgan fingerprint density at radius 3 is 2.82 bits per heavy atom. The average Bonchev–Trinajstić information content (AvgIpc) is 2.28. The molecule has 1 aromatic rings. The van der Waals surface area contributed by atoms with Gasteiger partial charge in [-0.1, -0.05) is 0 Å². The molecule has 0 saturated carbocycles. The molecule has 0 spiro atoms. The first-order valence-corrected chi connectivity index (χ1v) is 5.28. The number of nitrogens with zero attached hydrogens (tertiary/aromatic N) is 2. The van der Waals surface area contributed by atoms with Gasteiger partial charge in [-0.05, 0) is 18.6 Å². The normalized spacial score (nSPS) is 16.1. The first kappa shape index (κ1) is 11.5. The summed E-state index contributed by atoms with van der Waals surface area (Å²) < 4.78 is 13.0. The number of anilines is 1. The molecule has 1 aliphatic heterocycles. The third-order valence-electron chi connectivity index (χ3n) is 2.73. The number of carbonyl (C=O) groups is 1. The van der Waals surface area contributed by atoms with E-state index in [1.807, 2.05) is 0 Å². The molecule has 2 rings (SSSR count). The summed E-state index contributed by atoms with van der Waals surface area (Å²) in [6.07, 6.45) is 1.18. The largest absolute Gasteiger partial charge is 0.359 e. The minimum atomic E-state index is -0.649. The van der Waals surface area contributed by atoms with E-state index in [2.05, 4.69) is 0 Å². The molecule has 0 unspecified atom stereocenters. The van der Waals surface area contributed by atoms with E-state index in [4.69, 9.17) is 0 Å². The fraction of sp³-hybridized carbons (Fsp3) is 0.364. The van der Waals surface area contributed by atoms with Crippen molar-refractivity contribution >= 4 is 17.2 Å². The minimum Gasteiger partial charge on any atom is -0.359 e. The van der Waals surface area contributed by atoms with Gasteiger partial charge in [0.05, 0.1) is 17.5 Å². The standard InChI is InChI=1S/C11H11FN2O3/c12-8-3-4-10(11(6-8)14(16)17)13-5-1-2-9(15)7-13/h3-4,6H,1-2,5,7H2. The zero-order valence-corrected chi connectivity index (χ0v) is 9.06. The van der Waals surface area contributed by atoms with Crippen molar-refractivity contribution in [2.24, 2.45) is 0 Å². The lowest BCUT2D eigenvalue weighted by Crippen LogP contribution is -2.35. The Kier molecular flexibility index (Phi) is 3.03. The van der Waals surface area contributed by atoms with Crippen LogP contribution in [0.3, 0.4) is 0 Å². The minimum absolute atomic E-state index is 0.0508.